The second-order valence-electron chi connectivity index (χ2n) is 9.02. The number of anilines is 3. The van der Waals surface area contributed by atoms with Crippen LogP contribution < -0.4 is 25.4 Å². The van der Waals surface area contributed by atoms with Crippen LogP contribution in [0.1, 0.15) is 31.9 Å². The first-order valence-corrected chi connectivity index (χ1v) is 12.9. The Kier molecular flexibility index (Phi) is 10.0. The van der Waals surface area contributed by atoms with Crippen LogP contribution in [0.4, 0.5) is 21.9 Å². The molecular formula is C27H32Cl2N6O5. The topological polar surface area (TPSA) is 126 Å². The van der Waals surface area contributed by atoms with E-state index in [1.165, 1.54) is 37.6 Å². The maximum Gasteiger partial charge on any atom is 0.327 e. The van der Waals surface area contributed by atoms with Gasteiger partial charge in [-0.2, -0.15) is 0 Å². The fraction of sp³-hybridized carbons (Fsp3) is 0.333. The average molecular weight is 591 g/mol. The maximum atomic E-state index is 13.2. The van der Waals surface area contributed by atoms with E-state index in [0.717, 1.165) is 5.56 Å². The first kappa shape index (κ1) is 30.7. The molecule has 3 rings (SSSR count). The molecule has 11 nitrogen and oxygen atoms in total. The van der Waals surface area contributed by atoms with Crippen molar-refractivity contribution in [3.05, 3.63) is 52.5 Å². The van der Waals surface area contributed by atoms with Crippen molar-refractivity contribution >= 4 is 64.4 Å². The normalized spacial score (nSPS) is 16.9. The predicted molar refractivity (Wildman–Crippen MR) is 160 cm³/mol. The van der Waals surface area contributed by atoms with E-state index in [1.54, 1.807) is 14.2 Å². The van der Waals surface area contributed by atoms with E-state index in [0.29, 0.717) is 17.2 Å². The number of nitrogens with one attached hydrogen (secondary N) is 3. The molecule has 0 radical (unpaired) electrons. The first-order chi connectivity index (χ1) is 19.0. The van der Waals surface area contributed by atoms with E-state index in [2.05, 4.69) is 32.5 Å². The smallest absolute Gasteiger partial charge is 0.327 e. The number of aliphatic imine (C=N–C) groups is 2. The molecule has 40 heavy (non-hydrogen) atoms. The van der Waals surface area contributed by atoms with Crippen LogP contribution in [0.3, 0.4) is 0 Å². The van der Waals surface area contributed by atoms with Crippen molar-refractivity contribution in [2.45, 2.75) is 32.0 Å². The Morgan fingerprint density at radius 1 is 1.10 bits per heavy atom. The fourth-order valence-electron chi connectivity index (χ4n) is 3.84. The van der Waals surface area contributed by atoms with Gasteiger partial charge in [-0.1, -0.05) is 35.8 Å². The van der Waals surface area contributed by atoms with Crippen molar-refractivity contribution in [2.75, 3.05) is 44.3 Å². The molecule has 1 aliphatic heterocycles. The summed E-state index contributed by atoms with van der Waals surface area (Å²) in [5.74, 6) is 0.605. The van der Waals surface area contributed by atoms with E-state index < -0.39 is 11.7 Å². The first-order valence-electron chi connectivity index (χ1n) is 12.1. The molecule has 214 valence electrons. The molecule has 2 atom stereocenters. The van der Waals surface area contributed by atoms with Gasteiger partial charge in [-0.3, -0.25) is 9.69 Å². The summed E-state index contributed by atoms with van der Waals surface area (Å²) in [5.41, 5.74) is 1.22. The van der Waals surface area contributed by atoms with Crippen LogP contribution in [0.25, 0.3) is 0 Å². The summed E-state index contributed by atoms with van der Waals surface area (Å²) in [6, 6.07) is 6.51. The summed E-state index contributed by atoms with van der Waals surface area (Å²) in [7, 11) is 6.05. The summed E-state index contributed by atoms with van der Waals surface area (Å²) < 4.78 is 16.0. The number of methoxy groups -OCH3 is 3. The van der Waals surface area contributed by atoms with Gasteiger partial charge in [0.15, 0.2) is 0 Å². The van der Waals surface area contributed by atoms with E-state index >= 15 is 0 Å². The van der Waals surface area contributed by atoms with E-state index in [-0.39, 0.29) is 45.7 Å². The highest BCUT2D eigenvalue weighted by Gasteiger charge is 2.32. The van der Waals surface area contributed by atoms with E-state index in [1.807, 2.05) is 32.0 Å². The maximum absolute atomic E-state index is 13.2. The standard InChI is InChI=1S/C27H32Cl2N6O5/c1-8-22(36)32-18-11-16(15(2)38-5)9-10-17(18)34-27(3)13-21(30-14-31-27)35(4)26(37)33-25-23(28)19(39-6)12-20(40-7)24(25)29/h8-12,14-15,34H,1,13H2,2-7H3,(H,32,36)(H,33,37). The van der Waals surface area contributed by atoms with Crippen LogP contribution in [-0.4, -0.2) is 63.1 Å². The van der Waals surface area contributed by atoms with Crippen LogP contribution in [-0.2, 0) is 9.53 Å². The van der Waals surface area contributed by atoms with Crippen molar-refractivity contribution in [2.24, 2.45) is 9.98 Å². The molecule has 3 amide bonds. The highest BCUT2D eigenvalue weighted by atomic mass is 35.5. The van der Waals surface area contributed by atoms with Gasteiger partial charge in [0, 0.05) is 26.6 Å². The van der Waals surface area contributed by atoms with Gasteiger partial charge in [0.25, 0.3) is 0 Å². The molecule has 0 bridgehead atoms. The third kappa shape index (κ3) is 6.85. The molecule has 2 unspecified atom stereocenters. The molecule has 2 aromatic rings. The number of rotatable bonds is 9. The fourth-order valence-corrected chi connectivity index (χ4v) is 4.44. The zero-order valence-corrected chi connectivity index (χ0v) is 24.6. The SMILES string of the molecule is C=CC(=O)Nc1cc(C(C)OC)ccc1NC1(C)CC(N(C)C(=O)Nc2c(Cl)c(OC)cc(OC)c2Cl)=NC=N1. The Balaban J connectivity index is 1.83. The van der Waals surface area contributed by atoms with Crippen molar-refractivity contribution in [1.82, 2.24) is 4.90 Å². The summed E-state index contributed by atoms with van der Waals surface area (Å²) in [6.45, 7) is 7.27. The summed E-state index contributed by atoms with van der Waals surface area (Å²) >= 11 is 12.8. The third-order valence-electron chi connectivity index (χ3n) is 6.26. The van der Waals surface area contributed by atoms with Crippen LogP contribution in [0.2, 0.25) is 10.0 Å². The zero-order valence-electron chi connectivity index (χ0n) is 23.1. The van der Waals surface area contributed by atoms with Crippen molar-refractivity contribution in [3.63, 3.8) is 0 Å². The lowest BCUT2D eigenvalue weighted by Crippen LogP contribution is -2.45. The second kappa shape index (κ2) is 13.0. The minimum atomic E-state index is -0.915. The average Bonchev–Trinajstić information content (AvgIpc) is 2.95. The number of amides is 3. The Bertz CT molecular complexity index is 1340. The number of benzene rings is 2. The number of hydrogen-bond donors (Lipinski definition) is 3. The number of carbonyl (C=O) groups excluding carboxylic acids is 2. The molecule has 3 N–H and O–H groups in total. The van der Waals surface area contributed by atoms with Crippen LogP contribution in [0.5, 0.6) is 11.5 Å². The van der Waals surface area contributed by atoms with E-state index in [9.17, 15) is 9.59 Å². The molecule has 13 heteroatoms. The van der Waals surface area contributed by atoms with Gasteiger partial charge in [0.05, 0.1) is 37.4 Å². The third-order valence-corrected chi connectivity index (χ3v) is 7.01. The quantitative estimate of drug-likeness (QED) is 0.309. The number of halogens is 2. The number of ether oxygens (including phenoxy) is 3. The van der Waals surface area contributed by atoms with E-state index in [4.69, 9.17) is 37.4 Å². The molecule has 0 spiro atoms. The van der Waals surface area contributed by atoms with Crippen LogP contribution in [0.15, 0.2) is 46.9 Å². The molecule has 1 heterocycles. The summed E-state index contributed by atoms with van der Waals surface area (Å²) in [5, 5.41) is 9.13. The molecule has 1 aliphatic rings. The molecule has 0 aliphatic carbocycles. The van der Waals surface area contributed by atoms with Crippen molar-refractivity contribution in [3.8, 4) is 11.5 Å². The summed E-state index contributed by atoms with van der Waals surface area (Å²) in [4.78, 5) is 35.5. The monoisotopic (exact) mass is 590 g/mol. The lowest BCUT2D eigenvalue weighted by atomic mass is 10.0. The van der Waals surface area contributed by atoms with Gasteiger partial charge in [0.1, 0.15) is 39.4 Å². The second-order valence-corrected chi connectivity index (χ2v) is 9.77. The Hall–Kier alpha value is -3.80. The largest absolute Gasteiger partial charge is 0.495 e. The van der Waals surface area contributed by atoms with Gasteiger partial charge >= 0.3 is 6.03 Å². The molecule has 2 aromatic carbocycles. The number of hydrogen-bond acceptors (Lipinski definition) is 8. The molecular weight excluding hydrogens is 559 g/mol. The Labute approximate surface area is 243 Å². The van der Waals surface area contributed by atoms with Gasteiger partial charge in [-0.15, -0.1) is 0 Å². The van der Waals surface area contributed by atoms with Crippen molar-refractivity contribution < 1.29 is 23.8 Å². The molecule has 0 saturated heterocycles. The number of amidine groups is 1. The highest BCUT2D eigenvalue weighted by Crippen LogP contribution is 2.44. The molecule has 0 aromatic heterocycles. The van der Waals surface area contributed by atoms with Crippen molar-refractivity contribution in [1.29, 1.82) is 0 Å². The minimum Gasteiger partial charge on any atom is -0.495 e. The van der Waals surface area contributed by atoms with Gasteiger partial charge in [-0.25, -0.2) is 14.8 Å². The summed E-state index contributed by atoms with van der Waals surface area (Å²) in [6.07, 6.45) is 2.59. The Morgan fingerprint density at radius 2 is 1.75 bits per heavy atom. The van der Waals surface area contributed by atoms with Crippen LogP contribution in [0, 0.1) is 0 Å². The number of urea groups is 1. The Morgan fingerprint density at radius 3 is 2.33 bits per heavy atom. The number of nitrogens with zero attached hydrogens (tertiary/aromatic N) is 3. The highest BCUT2D eigenvalue weighted by molar-refractivity contribution is 6.41. The minimum absolute atomic E-state index is 0.119. The predicted octanol–water partition coefficient (Wildman–Crippen LogP) is 5.97. The lowest BCUT2D eigenvalue weighted by molar-refractivity contribution is -0.111. The van der Waals surface area contributed by atoms with Gasteiger partial charge < -0.3 is 30.2 Å². The zero-order chi connectivity index (χ0) is 29.6. The van der Waals surface area contributed by atoms with Gasteiger partial charge in [0.2, 0.25) is 5.91 Å². The van der Waals surface area contributed by atoms with Crippen LogP contribution >= 0.6 is 23.2 Å². The molecule has 0 fully saturated rings. The van der Waals surface area contributed by atoms with Gasteiger partial charge in [-0.05, 0) is 37.6 Å². The number of carbonyl (C=O) groups is 2. The molecule has 0 saturated carbocycles. The lowest BCUT2D eigenvalue weighted by Gasteiger charge is -2.33.